The molecule has 0 aliphatic carbocycles. The lowest BCUT2D eigenvalue weighted by molar-refractivity contribution is -0.131. The summed E-state index contributed by atoms with van der Waals surface area (Å²) in [6, 6.07) is 6.75. The number of sulfonamides is 1. The molecule has 6 nitrogen and oxygen atoms in total. The number of amides is 1. The van der Waals surface area contributed by atoms with Crippen LogP contribution in [0.4, 0.5) is 0 Å². The Hall–Kier alpha value is -1.44. The Morgan fingerprint density at radius 3 is 2.32 bits per heavy atom. The highest BCUT2D eigenvalue weighted by Gasteiger charge is 2.31. The minimum absolute atomic E-state index is 0.208. The van der Waals surface area contributed by atoms with Crippen molar-refractivity contribution in [1.82, 2.24) is 14.9 Å². The number of likely N-dealkylation sites (tertiary alicyclic amines) is 1. The molecule has 0 bridgehead atoms. The highest BCUT2D eigenvalue weighted by molar-refractivity contribution is 7.89. The molecular weight excluding hydrogens is 338 g/mol. The van der Waals surface area contributed by atoms with Gasteiger partial charge in [0.15, 0.2) is 0 Å². The molecule has 0 spiro atoms. The van der Waals surface area contributed by atoms with Crippen LogP contribution in [0.2, 0.25) is 0 Å². The van der Waals surface area contributed by atoms with E-state index in [0.717, 1.165) is 56.4 Å². The van der Waals surface area contributed by atoms with Gasteiger partial charge in [0.1, 0.15) is 0 Å². The van der Waals surface area contributed by atoms with Gasteiger partial charge in [-0.25, -0.2) is 13.1 Å². The topological polar surface area (TPSA) is 78.5 Å². The molecule has 1 aromatic carbocycles. The van der Waals surface area contributed by atoms with Crippen LogP contribution in [-0.2, 0) is 21.2 Å². The van der Waals surface area contributed by atoms with Crippen LogP contribution >= 0.6 is 0 Å². The molecule has 2 heterocycles. The highest BCUT2D eigenvalue weighted by atomic mass is 32.2. The van der Waals surface area contributed by atoms with Gasteiger partial charge < -0.3 is 10.2 Å². The van der Waals surface area contributed by atoms with Crippen molar-refractivity contribution in [3.8, 4) is 0 Å². The van der Waals surface area contributed by atoms with Gasteiger partial charge in [0.2, 0.25) is 15.9 Å². The summed E-state index contributed by atoms with van der Waals surface area (Å²) in [5.74, 6) is 1.65. The van der Waals surface area contributed by atoms with E-state index in [1.54, 1.807) is 24.3 Å². The zero-order valence-electron chi connectivity index (χ0n) is 14.7. The Balaban J connectivity index is 1.52. The Bertz CT molecular complexity index is 689. The van der Waals surface area contributed by atoms with Crippen molar-refractivity contribution in [2.45, 2.75) is 30.6 Å². The van der Waals surface area contributed by atoms with E-state index in [4.69, 9.17) is 0 Å². The minimum Gasteiger partial charge on any atom is -0.343 e. The van der Waals surface area contributed by atoms with Gasteiger partial charge in [0.25, 0.3) is 0 Å². The van der Waals surface area contributed by atoms with E-state index >= 15 is 0 Å². The molecular formula is C18H27N3O3S. The predicted molar refractivity (Wildman–Crippen MR) is 96.7 cm³/mol. The van der Waals surface area contributed by atoms with Crippen molar-refractivity contribution in [2.24, 2.45) is 11.8 Å². The fraction of sp³-hybridized carbons (Fsp3) is 0.611. The van der Waals surface area contributed by atoms with Crippen molar-refractivity contribution in [3.63, 3.8) is 0 Å². The van der Waals surface area contributed by atoms with Gasteiger partial charge in [0, 0.05) is 19.5 Å². The van der Waals surface area contributed by atoms with Crippen molar-refractivity contribution in [1.29, 1.82) is 0 Å². The number of hydrogen-bond donors (Lipinski definition) is 2. The lowest BCUT2D eigenvalue weighted by Gasteiger charge is -2.21. The Morgan fingerprint density at radius 1 is 1.16 bits per heavy atom. The SMILES string of the molecule is CNS(=O)(=O)c1ccc(CCC(=O)N2CC[C@@H]3CNC[C@@H]3CC2)cc1. The van der Waals surface area contributed by atoms with Crippen molar-refractivity contribution in [2.75, 3.05) is 33.2 Å². The van der Waals surface area contributed by atoms with E-state index in [1.165, 1.54) is 7.05 Å². The molecule has 2 fully saturated rings. The summed E-state index contributed by atoms with van der Waals surface area (Å²) in [6.07, 6.45) is 3.31. The summed E-state index contributed by atoms with van der Waals surface area (Å²) in [5.41, 5.74) is 0.985. The lowest BCUT2D eigenvalue weighted by Crippen LogP contribution is -2.32. The summed E-state index contributed by atoms with van der Waals surface area (Å²) in [6.45, 7) is 3.91. The first-order chi connectivity index (χ1) is 12.0. The molecule has 1 aromatic rings. The van der Waals surface area contributed by atoms with Crippen molar-refractivity contribution < 1.29 is 13.2 Å². The average molecular weight is 365 g/mol. The molecule has 0 radical (unpaired) electrons. The normalized spacial score (nSPS) is 24.0. The molecule has 0 aromatic heterocycles. The van der Waals surface area contributed by atoms with Gasteiger partial charge in [-0.2, -0.15) is 0 Å². The third kappa shape index (κ3) is 4.40. The predicted octanol–water partition coefficient (Wildman–Crippen LogP) is 0.985. The van der Waals surface area contributed by atoms with E-state index in [2.05, 4.69) is 10.0 Å². The number of carbonyl (C=O) groups excluding carboxylic acids is 1. The van der Waals surface area contributed by atoms with Crippen LogP contribution in [0.1, 0.15) is 24.8 Å². The monoisotopic (exact) mass is 365 g/mol. The van der Waals surface area contributed by atoms with Crippen LogP contribution in [0, 0.1) is 11.8 Å². The molecule has 0 saturated carbocycles. The zero-order valence-corrected chi connectivity index (χ0v) is 15.5. The van der Waals surface area contributed by atoms with E-state index in [-0.39, 0.29) is 10.8 Å². The van der Waals surface area contributed by atoms with E-state index < -0.39 is 10.0 Å². The number of rotatable bonds is 5. The molecule has 0 unspecified atom stereocenters. The number of benzene rings is 1. The van der Waals surface area contributed by atoms with Gasteiger partial charge in [0.05, 0.1) is 4.90 Å². The summed E-state index contributed by atoms with van der Waals surface area (Å²) in [5, 5.41) is 3.45. The van der Waals surface area contributed by atoms with Crippen LogP contribution in [0.5, 0.6) is 0 Å². The summed E-state index contributed by atoms with van der Waals surface area (Å²) in [4.78, 5) is 14.8. The van der Waals surface area contributed by atoms with Crippen LogP contribution in [0.3, 0.4) is 0 Å². The molecule has 25 heavy (non-hydrogen) atoms. The lowest BCUT2D eigenvalue weighted by atomic mass is 9.92. The Labute approximate surface area is 150 Å². The number of carbonyl (C=O) groups is 1. The second kappa shape index (κ2) is 7.85. The molecule has 2 aliphatic rings. The molecule has 7 heteroatoms. The van der Waals surface area contributed by atoms with Gasteiger partial charge in [-0.15, -0.1) is 0 Å². The second-order valence-corrected chi connectivity index (χ2v) is 8.87. The van der Waals surface area contributed by atoms with E-state index in [0.29, 0.717) is 12.8 Å². The van der Waals surface area contributed by atoms with Crippen LogP contribution in [-0.4, -0.2) is 52.5 Å². The van der Waals surface area contributed by atoms with Crippen LogP contribution < -0.4 is 10.0 Å². The average Bonchev–Trinajstić information content (AvgIpc) is 2.98. The number of fused-ring (bicyclic) bond motifs is 1. The zero-order chi connectivity index (χ0) is 17.9. The first kappa shape index (κ1) is 18.4. The Kier molecular flexibility index (Phi) is 5.76. The third-order valence-electron chi connectivity index (χ3n) is 5.50. The fourth-order valence-electron chi connectivity index (χ4n) is 3.83. The highest BCUT2D eigenvalue weighted by Crippen LogP contribution is 2.27. The summed E-state index contributed by atoms with van der Waals surface area (Å²) < 4.78 is 25.7. The molecule has 2 atom stereocenters. The number of nitrogens with one attached hydrogen (secondary N) is 2. The summed E-state index contributed by atoms with van der Waals surface area (Å²) >= 11 is 0. The van der Waals surface area contributed by atoms with Gasteiger partial charge in [-0.3, -0.25) is 4.79 Å². The largest absolute Gasteiger partial charge is 0.343 e. The smallest absolute Gasteiger partial charge is 0.240 e. The molecule has 2 aliphatic heterocycles. The standard InChI is InChI=1S/C18H27N3O3S/c1-19-25(23,24)17-5-2-14(3-6-17)4-7-18(22)21-10-8-15-12-20-13-16(15)9-11-21/h2-3,5-6,15-16,19-20H,4,7-13H2,1H3/t15-,16+. The maximum Gasteiger partial charge on any atom is 0.240 e. The van der Waals surface area contributed by atoms with Crippen molar-refractivity contribution in [3.05, 3.63) is 29.8 Å². The van der Waals surface area contributed by atoms with Gasteiger partial charge >= 0.3 is 0 Å². The Morgan fingerprint density at radius 2 is 1.76 bits per heavy atom. The van der Waals surface area contributed by atoms with Crippen molar-refractivity contribution >= 4 is 15.9 Å². The van der Waals surface area contributed by atoms with E-state index in [9.17, 15) is 13.2 Å². The van der Waals surface area contributed by atoms with Gasteiger partial charge in [-0.05, 0) is 68.9 Å². The molecule has 138 valence electrons. The first-order valence-electron chi connectivity index (χ1n) is 9.00. The second-order valence-electron chi connectivity index (χ2n) is 6.99. The summed E-state index contributed by atoms with van der Waals surface area (Å²) in [7, 11) is -2.01. The maximum atomic E-state index is 12.5. The first-order valence-corrected chi connectivity index (χ1v) is 10.5. The fourth-order valence-corrected chi connectivity index (χ4v) is 4.56. The molecule has 2 N–H and O–H groups in total. The quantitative estimate of drug-likeness (QED) is 0.816. The molecule has 2 saturated heterocycles. The maximum absolute atomic E-state index is 12.5. The number of aryl methyl sites for hydroxylation is 1. The number of nitrogens with zero attached hydrogens (tertiary/aromatic N) is 1. The molecule has 3 rings (SSSR count). The number of hydrogen-bond acceptors (Lipinski definition) is 4. The van der Waals surface area contributed by atoms with E-state index in [1.807, 2.05) is 4.90 Å². The third-order valence-corrected chi connectivity index (χ3v) is 6.93. The van der Waals surface area contributed by atoms with Gasteiger partial charge in [-0.1, -0.05) is 12.1 Å². The van der Waals surface area contributed by atoms with Crippen LogP contribution in [0.25, 0.3) is 0 Å². The minimum atomic E-state index is -3.41. The molecule has 1 amide bonds. The van der Waals surface area contributed by atoms with Crippen LogP contribution in [0.15, 0.2) is 29.2 Å².